The number of aryl methyl sites for hydroxylation is 2. The van der Waals surface area contributed by atoms with E-state index in [0.29, 0.717) is 6.04 Å². The lowest BCUT2D eigenvalue weighted by atomic mass is 10.2. The Morgan fingerprint density at radius 3 is 2.82 bits per heavy atom. The van der Waals surface area contributed by atoms with Crippen molar-refractivity contribution in [1.29, 1.82) is 0 Å². The Morgan fingerprint density at radius 1 is 1.29 bits per heavy atom. The van der Waals surface area contributed by atoms with Gasteiger partial charge in [0.15, 0.2) is 5.96 Å². The highest BCUT2D eigenvalue weighted by atomic mass is 32.1. The summed E-state index contributed by atoms with van der Waals surface area (Å²) in [6.07, 6.45) is 3.31. The molecule has 2 aromatic heterocycles. The molecule has 154 valence electrons. The Kier molecular flexibility index (Phi) is 8.72. The molecule has 3 heterocycles. The molecule has 1 aliphatic rings. The fourth-order valence-corrected chi connectivity index (χ4v) is 5.00. The maximum atomic E-state index is 5.52. The number of nitrogens with one attached hydrogen (secondary N) is 2. The van der Waals surface area contributed by atoms with Crippen LogP contribution in [0.2, 0.25) is 0 Å². The molecule has 0 aromatic carbocycles. The molecular weight excluding hydrogens is 390 g/mol. The topological polar surface area (TPSA) is 61.8 Å². The van der Waals surface area contributed by atoms with Crippen molar-refractivity contribution in [3.05, 3.63) is 38.5 Å². The van der Waals surface area contributed by atoms with Gasteiger partial charge in [0, 0.05) is 49.2 Å². The Bertz CT molecular complexity index is 710. The molecule has 1 atom stereocenters. The van der Waals surface area contributed by atoms with E-state index in [1.54, 1.807) is 11.3 Å². The number of morpholine rings is 1. The number of thiophene rings is 1. The fraction of sp³-hybridized carbons (Fsp3) is 0.600. The summed E-state index contributed by atoms with van der Waals surface area (Å²) in [6.45, 7) is 7.40. The van der Waals surface area contributed by atoms with Gasteiger partial charge in [-0.05, 0) is 37.6 Å². The molecule has 0 amide bonds. The van der Waals surface area contributed by atoms with Crippen LogP contribution >= 0.6 is 22.7 Å². The molecular formula is C20H31N5OS2. The lowest BCUT2D eigenvalue weighted by Gasteiger charge is -2.34. The molecule has 0 aliphatic carbocycles. The molecule has 0 spiro atoms. The molecule has 2 N–H and O–H groups in total. The van der Waals surface area contributed by atoms with Gasteiger partial charge in [0.25, 0.3) is 0 Å². The third-order valence-corrected chi connectivity index (χ3v) is 6.82. The zero-order valence-electron chi connectivity index (χ0n) is 16.8. The van der Waals surface area contributed by atoms with Crippen LogP contribution in [0.3, 0.4) is 0 Å². The van der Waals surface area contributed by atoms with Crippen molar-refractivity contribution >= 4 is 28.6 Å². The highest BCUT2D eigenvalue weighted by Gasteiger charge is 2.23. The lowest BCUT2D eigenvalue weighted by Crippen LogP contribution is -2.46. The summed E-state index contributed by atoms with van der Waals surface area (Å²) >= 11 is 3.58. The molecule has 1 fully saturated rings. The van der Waals surface area contributed by atoms with Crippen LogP contribution in [0.1, 0.15) is 34.5 Å². The van der Waals surface area contributed by atoms with Gasteiger partial charge in [0.05, 0.1) is 24.3 Å². The SMILES string of the molecule is CN=C(NCCCCc1nc(C)cs1)NCC(c1cccs1)N1CCOCC1. The number of rotatable bonds is 9. The second kappa shape index (κ2) is 11.5. The number of guanidine groups is 1. The standard InChI is InChI=1S/C20H31N5OS2/c1-16-15-28-19(24-16)7-3-4-8-22-20(21-2)23-14-17(18-6-5-13-27-18)25-9-11-26-12-10-25/h5-6,13,15,17H,3-4,7-12,14H2,1-2H3,(H2,21,22,23). The molecule has 0 bridgehead atoms. The number of aromatic nitrogens is 1. The summed E-state index contributed by atoms with van der Waals surface area (Å²) in [5, 5.41) is 12.5. The van der Waals surface area contributed by atoms with Gasteiger partial charge in [-0.2, -0.15) is 0 Å². The minimum atomic E-state index is 0.357. The molecule has 0 radical (unpaired) electrons. The zero-order valence-corrected chi connectivity index (χ0v) is 18.5. The summed E-state index contributed by atoms with van der Waals surface area (Å²) in [6, 6.07) is 4.71. The van der Waals surface area contributed by atoms with Crippen LogP contribution in [0, 0.1) is 6.92 Å². The van der Waals surface area contributed by atoms with Gasteiger partial charge in [0.1, 0.15) is 0 Å². The largest absolute Gasteiger partial charge is 0.379 e. The van der Waals surface area contributed by atoms with Crippen LogP contribution in [0.15, 0.2) is 27.9 Å². The van der Waals surface area contributed by atoms with Gasteiger partial charge >= 0.3 is 0 Å². The van der Waals surface area contributed by atoms with Gasteiger partial charge in [-0.25, -0.2) is 4.98 Å². The van der Waals surface area contributed by atoms with Gasteiger partial charge in [-0.3, -0.25) is 9.89 Å². The van der Waals surface area contributed by atoms with E-state index in [1.807, 2.05) is 18.4 Å². The number of unbranched alkanes of at least 4 members (excludes halogenated alkanes) is 1. The number of hydrogen-bond donors (Lipinski definition) is 2. The van der Waals surface area contributed by atoms with E-state index in [-0.39, 0.29) is 0 Å². The third kappa shape index (κ3) is 6.55. The fourth-order valence-electron chi connectivity index (χ4n) is 3.32. The molecule has 1 saturated heterocycles. The number of nitrogens with zero attached hydrogens (tertiary/aromatic N) is 3. The summed E-state index contributed by atoms with van der Waals surface area (Å²) in [5.41, 5.74) is 1.13. The minimum Gasteiger partial charge on any atom is -0.379 e. The maximum Gasteiger partial charge on any atom is 0.191 e. The first-order valence-corrected chi connectivity index (χ1v) is 11.7. The van der Waals surface area contributed by atoms with E-state index >= 15 is 0 Å². The molecule has 2 aromatic rings. The van der Waals surface area contributed by atoms with E-state index in [1.165, 1.54) is 9.88 Å². The first-order valence-electron chi connectivity index (χ1n) is 9.97. The monoisotopic (exact) mass is 421 g/mol. The predicted octanol–water partition coefficient (Wildman–Crippen LogP) is 3.07. The number of hydrogen-bond acceptors (Lipinski definition) is 6. The van der Waals surface area contributed by atoms with Crippen LogP contribution in [0.4, 0.5) is 0 Å². The summed E-state index contributed by atoms with van der Waals surface area (Å²) in [4.78, 5) is 12.8. The lowest BCUT2D eigenvalue weighted by molar-refractivity contribution is 0.0177. The van der Waals surface area contributed by atoms with E-state index < -0.39 is 0 Å². The number of aliphatic imine (C=N–C) groups is 1. The molecule has 1 aliphatic heterocycles. The normalized spacial score (nSPS) is 16.9. The molecule has 8 heteroatoms. The zero-order chi connectivity index (χ0) is 19.6. The Morgan fingerprint density at radius 2 is 2.14 bits per heavy atom. The maximum absolute atomic E-state index is 5.52. The number of ether oxygens (including phenoxy) is 1. The highest BCUT2D eigenvalue weighted by molar-refractivity contribution is 7.10. The second-order valence-corrected chi connectivity index (χ2v) is 8.82. The van der Waals surface area contributed by atoms with Crippen molar-refractivity contribution in [3.63, 3.8) is 0 Å². The third-order valence-electron chi connectivity index (χ3n) is 4.82. The van der Waals surface area contributed by atoms with Crippen LogP contribution in [-0.2, 0) is 11.2 Å². The number of thiazole rings is 1. The first kappa shape index (κ1) is 21.2. The van der Waals surface area contributed by atoms with Crippen molar-refractivity contribution < 1.29 is 4.74 Å². The Balaban J connectivity index is 1.41. The average molecular weight is 422 g/mol. The highest BCUT2D eigenvalue weighted by Crippen LogP contribution is 2.25. The van der Waals surface area contributed by atoms with E-state index in [2.05, 4.69) is 55.3 Å². The van der Waals surface area contributed by atoms with Crippen molar-refractivity contribution in [1.82, 2.24) is 20.5 Å². The first-order chi connectivity index (χ1) is 13.8. The van der Waals surface area contributed by atoms with Crippen LogP contribution in [-0.4, -0.2) is 62.3 Å². The van der Waals surface area contributed by atoms with Crippen LogP contribution in [0.25, 0.3) is 0 Å². The Hall–Kier alpha value is -1.48. The average Bonchev–Trinajstić information content (AvgIpc) is 3.39. The molecule has 0 saturated carbocycles. The van der Waals surface area contributed by atoms with Crippen molar-refractivity contribution in [2.75, 3.05) is 46.4 Å². The van der Waals surface area contributed by atoms with E-state index in [4.69, 9.17) is 4.74 Å². The van der Waals surface area contributed by atoms with Gasteiger partial charge < -0.3 is 15.4 Å². The molecule has 6 nitrogen and oxygen atoms in total. The second-order valence-electron chi connectivity index (χ2n) is 6.90. The van der Waals surface area contributed by atoms with Gasteiger partial charge in [0.2, 0.25) is 0 Å². The van der Waals surface area contributed by atoms with Crippen LogP contribution in [0.5, 0.6) is 0 Å². The minimum absolute atomic E-state index is 0.357. The summed E-state index contributed by atoms with van der Waals surface area (Å²) in [7, 11) is 1.84. The summed E-state index contributed by atoms with van der Waals surface area (Å²) in [5.74, 6) is 0.875. The smallest absolute Gasteiger partial charge is 0.191 e. The van der Waals surface area contributed by atoms with Crippen molar-refractivity contribution in [2.24, 2.45) is 4.99 Å². The molecule has 28 heavy (non-hydrogen) atoms. The molecule has 3 rings (SSSR count). The van der Waals surface area contributed by atoms with Crippen molar-refractivity contribution in [3.8, 4) is 0 Å². The van der Waals surface area contributed by atoms with Gasteiger partial charge in [-0.1, -0.05) is 6.07 Å². The Labute approximate surface area is 176 Å². The van der Waals surface area contributed by atoms with E-state index in [0.717, 1.165) is 70.3 Å². The van der Waals surface area contributed by atoms with Gasteiger partial charge in [-0.15, -0.1) is 22.7 Å². The van der Waals surface area contributed by atoms with Crippen LogP contribution < -0.4 is 10.6 Å². The van der Waals surface area contributed by atoms with Crippen molar-refractivity contribution in [2.45, 2.75) is 32.2 Å². The van der Waals surface area contributed by atoms with E-state index in [9.17, 15) is 0 Å². The summed E-state index contributed by atoms with van der Waals surface area (Å²) < 4.78 is 5.52. The molecule has 1 unspecified atom stereocenters. The quantitative estimate of drug-likeness (QED) is 0.370. The predicted molar refractivity (Wildman–Crippen MR) is 119 cm³/mol.